The van der Waals surface area contributed by atoms with Crippen LogP contribution in [0.4, 0.5) is 0 Å². The summed E-state index contributed by atoms with van der Waals surface area (Å²) in [7, 11) is 3.98. The summed E-state index contributed by atoms with van der Waals surface area (Å²) in [6.45, 7) is 0.797. The molecule has 13 heavy (non-hydrogen) atoms. The van der Waals surface area contributed by atoms with Gasteiger partial charge in [-0.3, -0.25) is 0 Å². The summed E-state index contributed by atoms with van der Waals surface area (Å²) in [5.41, 5.74) is 1.000. The molecule has 3 heteroatoms. The first-order chi connectivity index (χ1) is 6.11. The second-order valence-corrected chi connectivity index (χ2v) is 4.19. The largest absolute Gasteiger partial charge is 0.308 e. The monoisotopic (exact) mass is 217 g/mol. The van der Waals surface area contributed by atoms with Crippen molar-refractivity contribution < 1.29 is 0 Å². The molecule has 1 rings (SSSR count). The zero-order valence-corrected chi connectivity index (χ0v) is 9.31. The van der Waals surface area contributed by atoms with Crippen molar-refractivity contribution in [2.45, 2.75) is 5.38 Å². The number of benzene rings is 1. The van der Waals surface area contributed by atoms with E-state index in [0.29, 0.717) is 0 Å². The zero-order valence-electron chi connectivity index (χ0n) is 7.80. The lowest BCUT2D eigenvalue weighted by molar-refractivity contribution is 0.408. The minimum Gasteiger partial charge on any atom is -0.308 e. The fraction of sp³-hybridized carbons (Fsp3) is 0.400. The van der Waals surface area contributed by atoms with Gasteiger partial charge in [0.05, 0.1) is 5.38 Å². The smallest absolute Gasteiger partial charge is 0.0726 e. The molecule has 1 aromatic carbocycles. The molecule has 1 aromatic rings. The Balaban J connectivity index is 2.76. The number of hydrogen-bond donors (Lipinski definition) is 0. The number of hydrogen-bond acceptors (Lipinski definition) is 1. The van der Waals surface area contributed by atoms with Gasteiger partial charge < -0.3 is 4.90 Å². The first kappa shape index (κ1) is 10.8. The first-order valence-corrected chi connectivity index (χ1v) is 4.96. The second-order valence-electron chi connectivity index (χ2n) is 3.25. The van der Waals surface area contributed by atoms with Gasteiger partial charge in [0.2, 0.25) is 0 Å². The van der Waals surface area contributed by atoms with Gasteiger partial charge in [-0.2, -0.15) is 0 Å². The molecule has 0 radical (unpaired) electrons. The molecule has 0 N–H and O–H groups in total. The molecule has 1 nitrogen and oxygen atoms in total. The van der Waals surface area contributed by atoms with Crippen LogP contribution < -0.4 is 0 Å². The van der Waals surface area contributed by atoms with E-state index in [2.05, 4.69) is 0 Å². The molecule has 0 fully saturated rings. The van der Waals surface area contributed by atoms with E-state index in [9.17, 15) is 0 Å². The topological polar surface area (TPSA) is 3.24 Å². The van der Waals surface area contributed by atoms with Crippen LogP contribution in [0.5, 0.6) is 0 Å². The SMILES string of the molecule is CN(C)C[C@H](Cl)c1ccccc1Cl. The van der Waals surface area contributed by atoms with Crippen LogP contribution in [-0.4, -0.2) is 25.5 Å². The van der Waals surface area contributed by atoms with E-state index in [-0.39, 0.29) is 5.38 Å². The van der Waals surface area contributed by atoms with Crippen molar-refractivity contribution in [3.8, 4) is 0 Å². The van der Waals surface area contributed by atoms with Crippen LogP contribution in [0.25, 0.3) is 0 Å². The van der Waals surface area contributed by atoms with Crippen LogP contribution in [0.2, 0.25) is 5.02 Å². The minimum atomic E-state index is -0.0382. The Morgan fingerprint density at radius 1 is 1.31 bits per heavy atom. The molecule has 0 aliphatic rings. The third kappa shape index (κ3) is 3.18. The summed E-state index contributed by atoms with van der Waals surface area (Å²) in [6.07, 6.45) is 0. The van der Waals surface area contributed by atoms with Gasteiger partial charge in [-0.1, -0.05) is 29.8 Å². The van der Waals surface area contributed by atoms with E-state index in [1.54, 1.807) is 0 Å². The lowest BCUT2D eigenvalue weighted by atomic mass is 10.1. The normalized spacial score (nSPS) is 13.3. The van der Waals surface area contributed by atoms with Gasteiger partial charge in [0.1, 0.15) is 0 Å². The maximum Gasteiger partial charge on any atom is 0.0726 e. The van der Waals surface area contributed by atoms with Gasteiger partial charge in [0.15, 0.2) is 0 Å². The molecule has 0 heterocycles. The van der Waals surface area contributed by atoms with Crippen molar-refractivity contribution in [1.82, 2.24) is 4.90 Å². The summed E-state index contributed by atoms with van der Waals surface area (Å²) < 4.78 is 0. The van der Waals surface area contributed by atoms with E-state index >= 15 is 0 Å². The van der Waals surface area contributed by atoms with E-state index in [4.69, 9.17) is 23.2 Å². The molecule has 0 aliphatic carbocycles. The minimum absolute atomic E-state index is 0.0382. The molecule has 0 saturated carbocycles. The third-order valence-electron chi connectivity index (χ3n) is 1.77. The van der Waals surface area contributed by atoms with E-state index in [0.717, 1.165) is 17.1 Å². The molecule has 0 amide bonds. The molecule has 72 valence electrons. The lowest BCUT2D eigenvalue weighted by Crippen LogP contribution is -2.17. The Hall–Kier alpha value is -0.240. The summed E-state index contributed by atoms with van der Waals surface area (Å²) in [5.74, 6) is 0. The highest BCUT2D eigenvalue weighted by Crippen LogP contribution is 2.27. The van der Waals surface area contributed by atoms with Crippen LogP contribution in [0.3, 0.4) is 0 Å². The molecule has 0 unspecified atom stereocenters. The van der Waals surface area contributed by atoms with Gasteiger partial charge in [-0.05, 0) is 25.7 Å². The Kier molecular flexibility index (Phi) is 4.04. The zero-order chi connectivity index (χ0) is 9.84. The fourth-order valence-electron chi connectivity index (χ4n) is 1.15. The summed E-state index contributed by atoms with van der Waals surface area (Å²) in [4.78, 5) is 2.04. The molecule has 0 bridgehead atoms. The Bertz CT molecular complexity index is 273. The highest BCUT2D eigenvalue weighted by molar-refractivity contribution is 6.32. The van der Waals surface area contributed by atoms with Crippen molar-refractivity contribution in [3.05, 3.63) is 34.9 Å². The number of nitrogens with zero attached hydrogens (tertiary/aromatic N) is 1. The summed E-state index contributed by atoms with van der Waals surface area (Å²) in [5, 5.41) is 0.702. The van der Waals surface area contributed by atoms with Gasteiger partial charge >= 0.3 is 0 Å². The summed E-state index contributed by atoms with van der Waals surface area (Å²) >= 11 is 12.2. The Labute approximate surface area is 89.3 Å². The number of likely N-dealkylation sites (N-methyl/N-ethyl adjacent to an activating group) is 1. The predicted molar refractivity (Wildman–Crippen MR) is 58.6 cm³/mol. The maximum atomic E-state index is 6.18. The molecular formula is C10H13Cl2N. The van der Waals surface area contributed by atoms with Crippen LogP contribution in [-0.2, 0) is 0 Å². The van der Waals surface area contributed by atoms with Crippen LogP contribution in [0.1, 0.15) is 10.9 Å². The van der Waals surface area contributed by atoms with Crippen molar-refractivity contribution in [1.29, 1.82) is 0 Å². The first-order valence-electron chi connectivity index (χ1n) is 4.14. The van der Waals surface area contributed by atoms with Crippen LogP contribution >= 0.6 is 23.2 Å². The molecule has 0 aromatic heterocycles. The highest BCUT2D eigenvalue weighted by atomic mass is 35.5. The molecular weight excluding hydrogens is 205 g/mol. The van der Waals surface area contributed by atoms with Crippen molar-refractivity contribution >= 4 is 23.2 Å². The fourth-order valence-corrected chi connectivity index (χ4v) is 1.94. The van der Waals surface area contributed by atoms with Gasteiger partial charge in [-0.25, -0.2) is 0 Å². The van der Waals surface area contributed by atoms with Crippen molar-refractivity contribution in [2.75, 3.05) is 20.6 Å². The van der Waals surface area contributed by atoms with Crippen molar-refractivity contribution in [3.63, 3.8) is 0 Å². The van der Waals surface area contributed by atoms with E-state index < -0.39 is 0 Å². The van der Waals surface area contributed by atoms with E-state index in [1.165, 1.54) is 0 Å². The highest BCUT2D eigenvalue weighted by Gasteiger charge is 2.11. The molecule has 0 aliphatic heterocycles. The molecule has 0 saturated heterocycles. The second kappa shape index (κ2) is 4.85. The van der Waals surface area contributed by atoms with Crippen LogP contribution in [0, 0.1) is 0 Å². The van der Waals surface area contributed by atoms with Gasteiger partial charge in [-0.15, -0.1) is 11.6 Å². The third-order valence-corrected chi connectivity index (χ3v) is 2.49. The van der Waals surface area contributed by atoms with E-state index in [1.807, 2.05) is 43.3 Å². The standard InChI is InChI=1S/C10H13Cl2N/c1-13(2)7-10(12)8-5-3-4-6-9(8)11/h3-6,10H,7H2,1-2H3/t10-/m0/s1. The quantitative estimate of drug-likeness (QED) is 0.704. The van der Waals surface area contributed by atoms with Crippen molar-refractivity contribution in [2.24, 2.45) is 0 Å². The number of halogens is 2. The maximum absolute atomic E-state index is 6.18. The van der Waals surface area contributed by atoms with Gasteiger partial charge in [0, 0.05) is 11.6 Å². The number of alkyl halides is 1. The average Bonchev–Trinajstić information content (AvgIpc) is 2.03. The lowest BCUT2D eigenvalue weighted by Gasteiger charge is -2.16. The van der Waals surface area contributed by atoms with Crippen LogP contribution in [0.15, 0.2) is 24.3 Å². The molecule has 0 spiro atoms. The average molecular weight is 218 g/mol. The Morgan fingerprint density at radius 2 is 1.92 bits per heavy atom. The number of rotatable bonds is 3. The Morgan fingerprint density at radius 3 is 2.46 bits per heavy atom. The summed E-state index contributed by atoms with van der Waals surface area (Å²) in [6, 6.07) is 7.68. The van der Waals surface area contributed by atoms with Gasteiger partial charge in [0.25, 0.3) is 0 Å². The predicted octanol–water partition coefficient (Wildman–Crippen LogP) is 3.18. The molecule has 1 atom stereocenters.